The molecule has 1 saturated carbocycles. The predicted octanol–water partition coefficient (Wildman–Crippen LogP) is 3.28. The molecule has 2 aromatic rings. The number of alkyl carbamates (subject to hydrolysis) is 1. The summed E-state index contributed by atoms with van der Waals surface area (Å²) in [6, 6.07) is 16.0. The molecule has 31 heavy (non-hydrogen) atoms. The number of nitrogens with one attached hydrogen (secondary N) is 2. The molecule has 2 aliphatic rings. The van der Waals surface area contributed by atoms with Crippen LogP contribution in [0.25, 0.3) is 11.1 Å². The van der Waals surface area contributed by atoms with Crippen molar-refractivity contribution in [2.45, 2.75) is 37.6 Å². The molecule has 0 aliphatic heterocycles. The van der Waals surface area contributed by atoms with Crippen molar-refractivity contribution in [1.82, 2.24) is 10.6 Å². The monoisotopic (exact) mass is 422 g/mol. The predicted molar refractivity (Wildman–Crippen MR) is 115 cm³/mol. The van der Waals surface area contributed by atoms with Crippen LogP contribution in [0.5, 0.6) is 0 Å². The Morgan fingerprint density at radius 1 is 0.968 bits per heavy atom. The first-order chi connectivity index (χ1) is 15.0. The zero-order valence-corrected chi connectivity index (χ0v) is 17.2. The van der Waals surface area contributed by atoms with E-state index in [0.29, 0.717) is 12.8 Å². The second-order valence-corrected chi connectivity index (χ2v) is 8.15. The summed E-state index contributed by atoms with van der Waals surface area (Å²) in [5.41, 5.74) is 4.55. The molecule has 0 spiro atoms. The maximum atomic E-state index is 12.2. The Labute approximate surface area is 180 Å². The Morgan fingerprint density at radius 3 is 2.26 bits per heavy atom. The molecule has 0 unspecified atom stereocenters. The summed E-state index contributed by atoms with van der Waals surface area (Å²) in [5, 5.41) is 14.4. The van der Waals surface area contributed by atoms with Gasteiger partial charge in [0, 0.05) is 12.0 Å². The van der Waals surface area contributed by atoms with Gasteiger partial charge in [-0.2, -0.15) is 0 Å². The molecule has 0 aromatic heterocycles. The third kappa shape index (κ3) is 4.71. The summed E-state index contributed by atoms with van der Waals surface area (Å²) >= 11 is 0. The van der Waals surface area contributed by atoms with Gasteiger partial charge in [-0.05, 0) is 41.5 Å². The third-order valence-electron chi connectivity index (χ3n) is 6.13. The van der Waals surface area contributed by atoms with E-state index in [9.17, 15) is 14.4 Å². The molecule has 7 heteroatoms. The van der Waals surface area contributed by atoms with E-state index < -0.39 is 18.0 Å². The number of amides is 2. The number of fused-ring (bicyclic) bond motifs is 3. The van der Waals surface area contributed by atoms with Gasteiger partial charge in [-0.15, -0.1) is 0 Å². The van der Waals surface area contributed by atoms with Crippen LogP contribution in [-0.2, 0) is 14.3 Å². The summed E-state index contributed by atoms with van der Waals surface area (Å²) in [4.78, 5) is 35.5. The summed E-state index contributed by atoms with van der Waals surface area (Å²) in [6.07, 6.45) is 1.93. The van der Waals surface area contributed by atoms with Crippen molar-refractivity contribution in [2.24, 2.45) is 5.92 Å². The van der Waals surface area contributed by atoms with Crippen molar-refractivity contribution in [1.29, 1.82) is 0 Å². The van der Waals surface area contributed by atoms with Gasteiger partial charge in [0.2, 0.25) is 5.91 Å². The largest absolute Gasteiger partial charge is 0.481 e. The fourth-order valence-electron chi connectivity index (χ4n) is 4.63. The van der Waals surface area contributed by atoms with Gasteiger partial charge in [-0.1, -0.05) is 55.0 Å². The van der Waals surface area contributed by atoms with Gasteiger partial charge in [-0.25, -0.2) is 4.79 Å². The topological polar surface area (TPSA) is 105 Å². The van der Waals surface area contributed by atoms with Crippen molar-refractivity contribution in [3.63, 3.8) is 0 Å². The first-order valence-corrected chi connectivity index (χ1v) is 10.6. The highest BCUT2D eigenvalue weighted by molar-refractivity contribution is 5.83. The average molecular weight is 422 g/mol. The summed E-state index contributed by atoms with van der Waals surface area (Å²) in [7, 11) is 0. The molecular weight excluding hydrogens is 396 g/mol. The molecule has 2 amide bonds. The number of aliphatic carboxylic acids is 1. The van der Waals surface area contributed by atoms with E-state index in [0.717, 1.165) is 35.1 Å². The maximum absolute atomic E-state index is 12.2. The molecule has 1 fully saturated rings. The fourth-order valence-corrected chi connectivity index (χ4v) is 4.63. The smallest absolute Gasteiger partial charge is 0.407 e. The number of carboxylic acid groups (broad SMARTS) is 1. The van der Waals surface area contributed by atoms with Gasteiger partial charge in [-0.3, -0.25) is 9.59 Å². The molecule has 2 aromatic carbocycles. The molecule has 7 nitrogen and oxygen atoms in total. The van der Waals surface area contributed by atoms with Crippen LogP contribution in [0.2, 0.25) is 0 Å². The average Bonchev–Trinajstić information content (AvgIpc) is 3.10. The van der Waals surface area contributed by atoms with E-state index >= 15 is 0 Å². The lowest BCUT2D eigenvalue weighted by molar-refractivity contribution is -0.143. The minimum Gasteiger partial charge on any atom is -0.481 e. The Hall–Kier alpha value is -3.35. The van der Waals surface area contributed by atoms with Crippen molar-refractivity contribution in [3.05, 3.63) is 59.7 Å². The zero-order chi connectivity index (χ0) is 21.8. The third-order valence-corrected chi connectivity index (χ3v) is 6.13. The molecule has 4 rings (SSSR count). The SMILES string of the molecule is O=C(CNC(=O)OCC1c2ccccc2-c2ccccc21)N[C@H]1CCC[C@@H](C(=O)O)C1. The van der Waals surface area contributed by atoms with Crippen LogP contribution in [-0.4, -0.2) is 42.3 Å². The van der Waals surface area contributed by atoms with E-state index in [1.807, 2.05) is 36.4 Å². The number of ether oxygens (including phenoxy) is 1. The highest BCUT2D eigenvalue weighted by atomic mass is 16.5. The molecule has 3 N–H and O–H groups in total. The van der Waals surface area contributed by atoms with Crippen LogP contribution < -0.4 is 10.6 Å². The van der Waals surface area contributed by atoms with Crippen LogP contribution >= 0.6 is 0 Å². The molecule has 0 radical (unpaired) electrons. The second-order valence-electron chi connectivity index (χ2n) is 8.15. The van der Waals surface area contributed by atoms with E-state index in [1.54, 1.807) is 0 Å². The van der Waals surface area contributed by atoms with Crippen molar-refractivity contribution in [3.8, 4) is 11.1 Å². The molecule has 0 heterocycles. The standard InChI is InChI=1S/C24H26N2O5/c27-22(26-16-7-5-6-15(12-16)23(28)29)13-25-24(30)31-14-21-19-10-3-1-8-17(19)18-9-2-4-11-20(18)21/h1-4,8-11,15-16,21H,5-7,12-14H2,(H,25,30)(H,26,27)(H,28,29)/t15-,16+/m1/s1. The molecular formula is C24H26N2O5. The number of hydrogen-bond acceptors (Lipinski definition) is 4. The number of carbonyl (C=O) groups excluding carboxylic acids is 2. The molecule has 2 aliphatic carbocycles. The number of carboxylic acids is 1. The first-order valence-electron chi connectivity index (χ1n) is 10.6. The summed E-state index contributed by atoms with van der Waals surface area (Å²) < 4.78 is 5.42. The van der Waals surface area contributed by atoms with Crippen molar-refractivity contribution >= 4 is 18.0 Å². The van der Waals surface area contributed by atoms with Crippen molar-refractivity contribution in [2.75, 3.05) is 13.2 Å². The molecule has 162 valence electrons. The highest BCUT2D eigenvalue weighted by Gasteiger charge is 2.30. The van der Waals surface area contributed by atoms with Crippen LogP contribution in [0.4, 0.5) is 4.79 Å². The number of benzene rings is 2. The second kappa shape index (κ2) is 9.20. The van der Waals surface area contributed by atoms with Crippen molar-refractivity contribution < 1.29 is 24.2 Å². The zero-order valence-electron chi connectivity index (χ0n) is 17.2. The van der Waals surface area contributed by atoms with Gasteiger partial charge < -0.3 is 20.5 Å². The number of carbonyl (C=O) groups is 3. The first kappa shape index (κ1) is 20.9. The fraction of sp³-hybridized carbons (Fsp3) is 0.375. The molecule has 0 saturated heterocycles. The van der Waals surface area contributed by atoms with Crippen LogP contribution in [0.15, 0.2) is 48.5 Å². The van der Waals surface area contributed by atoms with Gasteiger partial charge >= 0.3 is 12.1 Å². The quantitative estimate of drug-likeness (QED) is 0.663. The van der Waals surface area contributed by atoms with Gasteiger partial charge in [0.15, 0.2) is 0 Å². The lowest BCUT2D eigenvalue weighted by Gasteiger charge is -2.27. The van der Waals surface area contributed by atoms with Gasteiger partial charge in [0.1, 0.15) is 13.2 Å². The molecule has 2 atom stereocenters. The van der Waals surface area contributed by atoms with Crippen LogP contribution in [0.1, 0.15) is 42.7 Å². The lowest BCUT2D eigenvalue weighted by Crippen LogP contribution is -2.44. The summed E-state index contributed by atoms with van der Waals surface area (Å²) in [6.45, 7) is -0.0185. The number of rotatable bonds is 6. The Morgan fingerprint density at radius 2 is 1.61 bits per heavy atom. The van der Waals surface area contributed by atoms with E-state index in [2.05, 4.69) is 22.8 Å². The van der Waals surface area contributed by atoms with Crippen LogP contribution in [0.3, 0.4) is 0 Å². The van der Waals surface area contributed by atoms with Crippen LogP contribution in [0, 0.1) is 5.92 Å². The van der Waals surface area contributed by atoms with Gasteiger partial charge in [0.25, 0.3) is 0 Å². The minimum atomic E-state index is -0.823. The Bertz CT molecular complexity index is 944. The van der Waals surface area contributed by atoms with Gasteiger partial charge in [0.05, 0.1) is 5.92 Å². The molecule has 0 bridgehead atoms. The van der Waals surface area contributed by atoms with E-state index in [1.165, 1.54) is 0 Å². The van der Waals surface area contributed by atoms with E-state index in [-0.39, 0.29) is 31.0 Å². The minimum absolute atomic E-state index is 0.0397. The lowest BCUT2D eigenvalue weighted by atomic mass is 9.86. The highest BCUT2D eigenvalue weighted by Crippen LogP contribution is 2.44. The Balaban J connectivity index is 1.26. The maximum Gasteiger partial charge on any atom is 0.407 e. The summed E-state index contributed by atoms with van der Waals surface area (Å²) in [5.74, 6) is -1.63. The van der Waals surface area contributed by atoms with E-state index in [4.69, 9.17) is 9.84 Å². The number of hydrogen-bond donors (Lipinski definition) is 3. The normalized spacial score (nSPS) is 19.7. The Kier molecular flexibility index (Phi) is 6.21.